The van der Waals surface area contributed by atoms with Gasteiger partial charge in [0.15, 0.2) is 0 Å². The largest absolute Gasteiger partial charge is 0.491 e. The van der Waals surface area contributed by atoms with Gasteiger partial charge in [0.1, 0.15) is 12.4 Å². The zero-order chi connectivity index (χ0) is 27.5. The van der Waals surface area contributed by atoms with Crippen LogP contribution in [0.3, 0.4) is 0 Å². The first-order valence-corrected chi connectivity index (χ1v) is 13.4. The minimum absolute atomic E-state index is 0.0994. The van der Waals surface area contributed by atoms with E-state index in [2.05, 4.69) is 74.7 Å². The first kappa shape index (κ1) is 28.8. The van der Waals surface area contributed by atoms with Crippen molar-refractivity contribution in [3.63, 3.8) is 0 Å². The number of anilines is 1. The Morgan fingerprint density at radius 3 is 2.05 bits per heavy atom. The van der Waals surface area contributed by atoms with Gasteiger partial charge in [0, 0.05) is 17.8 Å². The molecule has 3 aromatic carbocycles. The van der Waals surface area contributed by atoms with Gasteiger partial charge in [-0.2, -0.15) is 0 Å². The highest BCUT2D eigenvalue weighted by molar-refractivity contribution is 5.94. The van der Waals surface area contributed by atoms with Gasteiger partial charge in [-0.3, -0.25) is 9.59 Å². The molecule has 0 fully saturated rings. The lowest BCUT2D eigenvalue weighted by molar-refractivity contribution is -0.136. The van der Waals surface area contributed by atoms with Crippen molar-refractivity contribution in [1.82, 2.24) is 5.32 Å². The number of amides is 1. The van der Waals surface area contributed by atoms with Crippen LogP contribution in [-0.4, -0.2) is 36.2 Å². The molecular formula is C32H40N2O4. The Labute approximate surface area is 226 Å². The second-order valence-corrected chi connectivity index (χ2v) is 10.6. The third kappa shape index (κ3) is 8.94. The lowest BCUT2D eigenvalue weighted by atomic mass is 9.86. The Balaban J connectivity index is 1.56. The van der Waals surface area contributed by atoms with Gasteiger partial charge in [-0.15, -0.1) is 0 Å². The van der Waals surface area contributed by atoms with Crippen LogP contribution >= 0.6 is 0 Å². The van der Waals surface area contributed by atoms with E-state index in [-0.39, 0.29) is 30.3 Å². The fourth-order valence-electron chi connectivity index (χ4n) is 4.09. The molecule has 202 valence electrons. The molecule has 1 amide bonds. The summed E-state index contributed by atoms with van der Waals surface area (Å²) in [5, 5.41) is 14.9. The first-order valence-electron chi connectivity index (χ1n) is 13.4. The Morgan fingerprint density at radius 2 is 1.50 bits per heavy atom. The molecule has 38 heavy (non-hydrogen) atoms. The van der Waals surface area contributed by atoms with Crippen molar-refractivity contribution in [3.05, 3.63) is 83.9 Å². The molecule has 0 aliphatic rings. The van der Waals surface area contributed by atoms with Crippen LogP contribution in [0.25, 0.3) is 11.1 Å². The van der Waals surface area contributed by atoms with Gasteiger partial charge >= 0.3 is 5.97 Å². The topological polar surface area (TPSA) is 87.7 Å². The molecule has 0 aliphatic heterocycles. The molecule has 0 saturated carbocycles. The standard InChI is InChI=1S/C32H40N2O4/c1-5-6-7-28(34-27-16-10-25(11-17-27)31(37)33-21-20-30(35)36)22-38-29-18-12-24(13-19-29)23-8-14-26(15-9-23)32(2,3)4/h8-19,28,34H,5-7,20-22H2,1-4H3,(H,33,37)(H,35,36). The van der Waals surface area contributed by atoms with E-state index >= 15 is 0 Å². The van der Waals surface area contributed by atoms with Crippen molar-refractivity contribution in [2.75, 3.05) is 18.5 Å². The van der Waals surface area contributed by atoms with Gasteiger partial charge < -0.3 is 20.5 Å². The maximum Gasteiger partial charge on any atom is 0.305 e. The lowest BCUT2D eigenvalue weighted by Crippen LogP contribution is -2.27. The van der Waals surface area contributed by atoms with Gasteiger partial charge in [-0.05, 0) is 64.9 Å². The van der Waals surface area contributed by atoms with Crippen LogP contribution in [0.1, 0.15) is 69.3 Å². The van der Waals surface area contributed by atoms with Crippen LogP contribution in [0.2, 0.25) is 0 Å². The second kappa shape index (κ2) is 13.7. The third-order valence-electron chi connectivity index (χ3n) is 6.44. The quantitative estimate of drug-likeness (QED) is 0.230. The molecule has 0 saturated heterocycles. The zero-order valence-corrected chi connectivity index (χ0v) is 22.9. The van der Waals surface area contributed by atoms with Crippen molar-refractivity contribution in [2.45, 2.75) is 64.8 Å². The van der Waals surface area contributed by atoms with Gasteiger partial charge in [0.05, 0.1) is 12.5 Å². The molecule has 3 aromatic rings. The van der Waals surface area contributed by atoms with Gasteiger partial charge in [-0.25, -0.2) is 0 Å². The van der Waals surface area contributed by atoms with E-state index in [9.17, 15) is 9.59 Å². The highest BCUT2D eigenvalue weighted by Gasteiger charge is 2.14. The lowest BCUT2D eigenvalue weighted by Gasteiger charge is -2.21. The van der Waals surface area contributed by atoms with Crippen molar-refractivity contribution in [1.29, 1.82) is 0 Å². The van der Waals surface area contributed by atoms with Crippen LogP contribution in [0.15, 0.2) is 72.8 Å². The molecule has 0 radical (unpaired) electrons. The molecule has 0 heterocycles. The fourth-order valence-corrected chi connectivity index (χ4v) is 4.09. The van der Waals surface area contributed by atoms with E-state index < -0.39 is 5.97 Å². The van der Waals surface area contributed by atoms with E-state index in [4.69, 9.17) is 9.84 Å². The number of rotatable bonds is 13. The predicted molar refractivity (Wildman–Crippen MR) is 154 cm³/mol. The molecule has 3 N–H and O–H groups in total. The summed E-state index contributed by atoms with van der Waals surface area (Å²) in [4.78, 5) is 22.8. The minimum atomic E-state index is -0.938. The van der Waals surface area contributed by atoms with E-state index in [1.807, 2.05) is 24.3 Å². The number of carbonyl (C=O) groups excluding carboxylic acids is 1. The molecule has 3 rings (SSSR count). The fraction of sp³-hybridized carbons (Fsp3) is 0.375. The van der Waals surface area contributed by atoms with E-state index in [0.29, 0.717) is 12.2 Å². The summed E-state index contributed by atoms with van der Waals surface area (Å²) in [6, 6.07) is 24.3. The Kier molecular flexibility index (Phi) is 10.3. The Bertz CT molecular complexity index is 1160. The summed E-state index contributed by atoms with van der Waals surface area (Å²) >= 11 is 0. The summed E-state index contributed by atoms with van der Waals surface area (Å²) in [5.74, 6) is -0.388. The Morgan fingerprint density at radius 1 is 0.895 bits per heavy atom. The SMILES string of the molecule is CCCCC(COc1ccc(-c2ccc(C(C)(C)C)cc2)cc1)Nc1ccc(C(=O)NCCC(=O)O)cc1. The first-order chi connectivity index (χ1) is 18.2. The molecule has 1 unspecified atom stereocenters. The number of carbonyl (C=O) groups is 2. The molecule has 6 heteroatoms. The van der Waals surface area contributed by atoms with Gasteiger partial charge in [-0.1, -0.05) is 76.9 Å². The van der Waals surface area contributed by atoms with Crippen LogP contribution in [-0.2, 0) is 10.2 Å². The van der Waals surface area contributed by atoms with E-state index in [0.717, 1.165) is 36.3 Å². The Hall–Kier alpha value is -3.80. The van der Waals surface area contributed by atoms with Crippen LogP contribution in [0, 0.1) is 0 Å². The van der Waals surface area contributed by atoms with Crippen molar-refractivity contribution < 1.29 is 19.4 Å². The van der Waals surface area contributed by atoms with Crippen LogP contribution in [0.5, 0.6) is 5.75 Å². The van der Waals surface area contributed by atoms with Crippen molar-refractivity contribution in [3.8, 4) is 16.9 Å². The summed E-state index contributed by atoms with van der Waals surface area (Å²) in [5.41, 5.74) is 5.21. The number of carboxylic acid groups (broad SMARTS) is 1. The van der Waals surface area contributed by atoms with E-state index in [1.54, 1.807) is 12.1 Å². The van der Waals surface area contributed by atoms with Gasteiger partial charge in [0.2, 0.25) is 0 Å². The molecule has 0 aromatic heterocycles. The number of nitrogens with one attached hydrogen (secondary N) is 2. The summed E-state index contributed by atoms with van der Waals surface area (Å²) in [7, 11) is 0. The molecule has 0 spiro atoms. The molecule has 6 nitrogen and oxygen atoms in total. The second-order valence-electron chi connectivity index (χ2n) is 10.6. The van der Waals surface area contributed by atoms with Crippen LogP contribution < -0.4 is 15.4 Å². The molecular weight excluding hydrogens is 476 g/mol. The highest BCUT2D eigenvalue weighted by Crippen LogP contribution is 2.27. The van der Waals surface area contributed by atoms with Gasteiger partial charge in [0.25, 0.3) is 5.91 Å². The third-order valence-corrected chi connectivity index (χ3v) is 6.44. The predicted octanol–water partition coefficient (Wildman–Crippen LogP) is 6.91. The number of hydrogen-bond donors (Lipinski definition) is 3. The summed E-state index contributed by atoms with van der Waals surface area (Å²) in [6.07, 6.45) is 3.04. The number of hydrogen-bond acceptors (Lipinski definition) is 4. The van der Waals surface area contributed by atoms with Crippen LogP contribution in [0.4, 0.5) is 5.69 Å². The zero-order valence-electron chi connectivity index (χ0n) is 22.9. The monoisotopic (exact) mass is 516 g/mol. The number of benzene rings is 3. The molecule has 0 bridgehead atoms. The average Bonchev–Trinajstić information content (AvgIpc) is 2.90. The highest BCUT2D eigenvalue weighted by atomic mass is 16.5. The molecule has 0 aliphatic carbocycles. The number of unbranched alkanes of at least 4 members (excludes halogenated alkanes) is 1. The van der Waals surface area contributed by atoms with E-state index in [1.165, 1.54) is 11.1 Å². The minimum Gasteiger partial charge on any atom is -0.491 e. The summed E-state index contributed by atoms with van der Waals surface area (Å²) < 4.78 is 6.14. The van der Waals surface area contributed by atoms with Crippen molar-refractivity contribution >= 4 is 17.6 Å². The normalized spacial score (nSPS) is 12.0. The summed E-state index contributed by atoms with van der Waals surface area (Å²) in [6.45, 7) is 9.46. The molecule has 1 atom stereocenters. The number of ether oxygens (including phenoxy) is 1. The number of aliphatic carboxylic acids is 1. The smallest absolute Gasteiger partial charge is 0.305 e. The maximum absolute atomic E-state index is 12.2. The maximum atomic E-state index is 12.2. The van der Waals surface area contributed by atoms with Crippen molar-refractivity contribution in [2.24, 2.45) is 0 Å². The number of carboxylic acids is 1. The average molecular weight is 517 g/mol.